The molecule has 0 atom stereocenters. The summed E-state index contributed by atoms with van der Waals surface area (Å²) in [6, 6.07) is 8.41. The van der Waals surface area contributed by atoms with Gasteiger partial charge in [-0.1, -0.05) is 19.1 Å². The molecule has 3 aliphatic carbocycles. The highest BCUT2D eigenvalue weighted by Crippen LogP contribution is 2.59. The quantitative estimate of drug-likeness (QED) is 0.580. The minimum absolute atomic E-state index is 0.118. The van der Waals surface area contributed by atoms with Crippen LogP contribution in [-0.2, 0) is 14.9 Å². The summed E-state index contributed by atoms with van der Waals surface area (Å²) in [7, 11) is 0. The summed E-state index contributed by atoms with van der Waals surface area (Å²) >= 11 is 0. The van der Waals surface area contributed by atoms with E-state index in [0.717, 1.165) is 83.4 Å². The summed E-state index contributed by atoms with van der Waals surface area (Å²) in [4.78, 5) is 15.7. The van der Waals surface area contributed by atoms with Crippen LogP contribution in [0.3, 0.4) is 0 Å². The maximum absolute atomic E-state index is 13.5. The lowest BCUT2D eigenvalue weighted by atomic mass is 9.51. The molecule has 1 aromatic carbocycles. The summed E-state index contributed by atoms with van der Waals surface area (Å²) in [5, 5.41) is 0. The number of benzene rings is 1. The second kappa shape index (κ2) is 8.48. The molecule has 5 aliphatic rings. The Morgan fingerprint density at radius 3 is 2.22 bits per heavy atom. The van der Waals surface area contributed by atoms with Gasteiger partial charge in [0.05, 0.1) is 6.33 Å². The van der Waals surface area contributed by atoms with Gasteiger partial charge >= 0.3 is 0 Å². The van der Waals surface area contributed by atoms with Crippen LogP contribution in [0.2, 0.25) is 0 Å². The van der Waals surface area contributed by atoms with Gasteiger partial charge in [0.1, 0.15) is 12.4 Å². The average Bonchev–Trinajstić information content (AvgIpc) is 2.84. The zero-order valence-electron chi connectivity index (χ0n) is 19.3. The first-order valence-electron chi connectivity index (χ1n) is 12.4. The Morgan fingerprint density at radius 1 is 1.03 bits per heavy atom. The SMILES string of the molecule is CC/C(=C\F)COc1ccc(C23CCC(C(=O)N4CC5(CCOCC5)C4)(CC2)CC3)cc1. The Labute approximate surface area is 191 Å². The smallest absolute Gasteiger partial charge is 0.228 e. The van der Waals surface area contributed by atoms with E-state index in [1.165, 1.54) is 5.56 Å². The predicted octanol–water partition coefficient (Wildman–Crippen LogP) is 5.56. The Bertz CT molecular complexity index is 839. The van der Waals surface area contributed by atoms with Crippen molar-refractivity contribution in [1.29, 1.82) is 0 Å². The van der Waals surface area contributed by atoms with Gasteiger partial charge in [0, 0.05) is 37.1 Å². The monoisotopic (exact) mass is 441 g/mol. The topological polar surface area (TPSA) is 38.8 Å². The van der Waals surface area contributed by atoms with E-state index in [4.69, 9.17) is 9.47 Å². The molecule has 2 heterocycles. The van der Waals surface area contributed by atoms with Gasteiger partial charge in [0.2, 0.25) is 5.91 Å². The number of hydrogen-bond acceptors (Lipinski definition) is 3. The second-order valence-corrected chi connectivity index (χ2v) is 10.8. The molecular formula is C27H36FNO3. The molecule has 2 bridgehead atoms. The third-order valence-electron chi connectivity index (χ3n) is 9.09. The maximum atomic E-state index is 13.5. The molecule has 5 heteroatoms. The normalized spacial score (nSPS) is 31.4. The Hall–Kier alpha value is -1.88. The van der Waals surface area contributed by atoms with Crippen LogP contribution in [0, 0.1) is 10.8 Å². The number of carbonyl (C=O) groups excluding carboxylic acids is 1. The van der Waals surface area contributed by atoms with Gasteiger partial charge in [-0.25, -0.2) is 4.39 Å². The standard InChI is InChI=1S/C27H36FNO3/c1-2-21(17-28)18-32-23-5-3-22(4-6-23)26-7-10-27(11-8-26,12-9-26)24(30)29-19-25(20-29)13-15-31-16-14-25/h3-6,17H,2,7-16,18-20H2,1H3/b21-17+. The molecule has 2 saturated heterocycles. The van der Waals surface area contributed by atoms with Gasteiger partial charge in [-0.3, -0.25) is 4.79 Å². The van der Waals surface area contributed by atoms with Crippen molar-refractivity contribution in [3.05, 3.63) is 41.7 Å². The molecule has 2 aliphatic heterocycles. The molecule has 6 rings (SSSR count). The molecular weight excluding hydrogens is 405 g/mol. The van der Waals surface area contributed by atoms with Gasteiger partial charge in [-0.2, -0.15) is 0 Å². The predicted molar refractivity (Wildman–Crippen MR) is 122 cm³/mol. The highest BCUT2D eigenvalue weighted by atomic mass is 19.1. The first-order valence-corrected chi connectivity index (χ1v) is 12.4. The summed E-state index contributed by atoms with van der Waals surface area (Å²) in [6.45, 7) is 5.82. The fraction of sp³-hybridized carbons (Fsp3) is 0.667. The zero-order chi connectivity index (χ0) is 22.2. The van der Waals surface area contributed by atoms with Crippen LogP contribution >= 0.6 is 0 Å². The third kappa shape index (κ3) is 3.76. The van der Waals surface area contributed by atoms with Crippen molar-refractivity contribution in [2.75, 3.05) is 32.9 Å². The number of hydrogen-bond donors (Lipinski definition) is 0. The lowest BCUT2D eigenvalue weighted by molar-refractivity contribution is -0.167. The largest absolute Gasteiger partial charge is 0.489 e. The van der Waals surface area contributed by atoms with Crippen LogP contribution in [0.25, 0.3) is 0 Å². The van der Waals surface area contributed by atoms with E-state index in [-0.39, 0.29) is 10.8 Å². The van der Waals surface area contributed by atoms with Crippen LogP contribution in [0.15, 0.2) is 36.2 Å². The minimum atomic E-state index is -0.118. The van der Waals surface area contributed by atoms with Crippen LogP contribution in [-0.4, -0.2) is 43.7 Å². The molecule has 0 aromatic heterocycles. The van der Waals surface area contributed by atoms with Gasteiger partial charge in [-0.15, -0.1) is 0 Å². The summed E-state index contributed by atoms with van der Waals surface area (Å²) in [6.07, 6.45) is 9.84. The molecule has 4 nitrogen and oxygen atoms in total. The van der Waals surface area contributed by atoms with Crippen molar-refractivity contribution >= 4 is 5.91 Å². The highest BCUT2D eigenvalue weighted by Gasteiger charge is 2.56. The van der Waals surface area contributed by atoms with Gasteiger partial charge in [0.25, 0.3) is 0 Å². The first-order chi connectivity index (χ1) is 15.5. The molecule has 1 aromatic rings. The fourth-order valence-corrected chi connectivity index (χ4v) is 6.59. The molecule has 1 spiro atoms. The van der Waals surface area contributed by atoms with Gasteiger partial charge in [0.15, 0.2) is 0 Å². The van der Waals surface area contributed by atoms with Crippen molar-refractivity contribution < 1.29 is 18.7 Å². The van der Waals surface area contributed by atoms with E-state index >= 15 is 0 Å². The number of likely N-dealkylation sites (tertiary alicyclic amines) is 1. The summed E-state index contributed by atoms with van der Waals surface area (Å²) in [5.41, 5.74) is 2.46. The highest BCUT2D eigenvalue weighted by molar-refractivity contribution is 5.84. The third-order valence-corrected chi connectivity index (χ3v) is 9.09. The lowest BCUT2D eigenvalue weighted by Crippen LogP contribution is -2.64. The van der Waals surface area contributed by atoms with E-state index in [1.807, 2.05) is 19.1 Å². The van der Waals surface area contributed by atoms with E-state index in [9.17, 15) is 9.18 Å². The maximum Gasteiger partial charge on any atom is 0.228 e. The summed E-state index contributed by atoms with van der Waals surface area (Å²) in [5.74, 6) is 1.22. The molecule has 1 amide bonds. The van der Waals surface area contributed by atoms with Gasteiger partial charge in [-0.05, 0) is 86.5 Å². The molecule has 0 radical (unpaired) electrons. The van der Waals surface area contributed by atoms with E-state index in [0.29, 0.717) is 36.3 Å². The first kappa shape index (κ1) is 21.9. The zero-order valence-corrected chi connectivity index (χ0v) is 19.3. The number of amides is 1. The molecule has 3 saturated carbocycles. The van der Waals surface area contributed by atoms with Gasteiger partial charge < -0.3 is 14.4 Å². The number of halogens is 1. The number of nitrogens with zero attached hydrogens (tertiary/aromatic N) is 1. The van der Waals surface area contributed by atoms with Crippen LogP contribution in [0.5, 0.6) is 5.75 Å². The second-order valence-electron chi connectivity index (χ2n) is 10.8. The van der Waals surface area contributed by atoms with Crippen molar-refractivity contribution in [3.63, 3.8) is 0 Å². The minimum Gasteiger partial charge on any atom is -0.489 e. The molecule has 32 heavy (non-hydrogen) atoms. The van der Waals surface area contributed by atoms with Crippen molar-refractivity contribution in [1.82, 2.24) is 4.90 Å². The number of carbonyl (C=O) groups is 1. The Kier molecular flexibility index (Phi) is 5.81. The van der Waals surface area contributed by atoms with Crippen molar-refractivity contribution in [3.8, 4) is 5.75 Å². The number of fused-ring (bicyclic) bond motifs is 3. The molecule has 5 fully saturated rings. The van der Waals surface area contributed by atoms with E-state index in [2.05, 4.69) is 17.0 Å². The molecule has 174 valence electrons. The van der Waals surface area contributed by atoms with E-state index in [1.54, 1.807) is 0 Å². The van der Waals surface area contributed by atoms with Crippen LogP contribution in [0.1, 0.15) is 70.3 Å². The molecule has 0 unspecified atom stereocenters. The molecule has 0 N–H and O–H groups in total. The Morgan fingerprint density at radius 2 is 1.66 bits per heavy atom. The van der Waals surface area contributed by atoms with E-state index < -0.39 is 0 Å². The fourth-order valence-electron chi connectivity index (χ4n) is 6.59. The van der Waals surface area contributed by atoms with Crippen LogP contribution in [0.4, 0.5) is 4.39 Å². The Balaban J connectivity index is 1.19. The van der Waals surface area contributed by atoms with Crippen LogP contribution < -0.4 is 4.74 Å². The van der Waals surface area contributed by atoms with Crippen molar-refractivity contribution in [2.24, 2.45) is 10.8 Å². The number of ether oxygens (including phenoxy) is 2. The lowest BCUT2D eigenvalue weighted by Gasteiger charge is -2.58. The van der Waals surface area contributed by atoms with Crippen molar-refractivity contribution in [2.45, 2.75) is 70.1 Å². The number of rotatable bonds is 6. The summed E-state index contributed by atoms with van der Waals surface area (Å²) < 4.78 is 24.0. The average molecular weight is 442 g/mol.